The second-order valence-corrected chi connectivity index (χ2v) is 5.14. The first-order valence-electron chi connectivity index (χ1n) is 6.63. The van der Waals surface area contributed by atoms with Gasteiger partial charge in [0.25, 0.3) is 0 Å². The highest BCUT2D eigenvalue weighted by Gasteiger charge is 2.25. The van der Waals surface area contributed by atoms with E-state index in [1.54, 1.807) is 0 Å². The Morgan fingerprint density at radius 1 is 1.53 bits per heavy atom. The Morgan fingerprint density at radius 3 is 2.71 bits per heavy atom. The lowest BCUT2D eigenvalue weighted by Crippen LogP contribution is -2.40. The molecule has 0 aromatic heterocycles. The first kappa shape index (κ1) is 14.5. The molecular formula is C13H26N2O2. The maximum atomic E-state index is 11.4. The van der Waals surface area contributed by atoms with Gasteiger partial charge >= 0.3 is 5.97 Å². The fraction of sp³-hybridized carbons (Fsp3) is 0.923. The van der Waals surface area contributed by atoms with E-state index in [9.17, 15) is 4.79 Å². The van der Waals surface area contributed by atoms with Gasteiger partial charge in [-0.05, 0) is 39.2 Å². The lowest BCUT2D eigenvalue weighted by Gasteiger charge is -2.21. The normalized spacial score (nSPS) is 23.0. The van der Waals surface area contributed by atoms with Crippen LogP contribution in [-0.2, 0) is 9.53 Å². The monoisotopic (exact) mass is 242 g/mol. The predicted octanol–water partition coefficient (Wildman–Crippen LogP) is 1.26. The van der Waals surface area contributed by atoms with Crippen LogP contribution in [0.2, 0.25) is 0 Å². The van der Waals surface area contributed by atoms with Gasteiger partial charge in [-0.25, -0.2) is 0 Å². The number of methoxy groups -OCH3 is 1. The van der Waals surface area contributed by atoms with Gasteiger partial charge < -0.3 is 15.0 Å². The van der Waals surface area contributed by atoms with Gasteiger partial charge in [-0.3, -0.25) is 4.79 Å². The first-order chi connectivity index (χ1) is 8.08. The van der Waals surface area contributed by atoms with Crippen molar-refractivity contribution in [1.82, 2.24) is 10.2 Å². The van der Waals surface area contributed by atoms with Crippen molar-refractivity contribution in [2.45, 2.75) is 45.7 Å². The smallest absolute Gasteiger partial charge is 0.322 e. The van der Waals surface area contributed by atoms with Crippen LogP contribution in [0.5, 0.6) is 0 Å². The fourth-order valence-electron chi connectivity index (χ4n) is 2.34. The average Bonchev–Trinajstić information content (AvgIpc) is 2.78. The van der Waals surface area contributed by atoms with Gasteiger partial charge in [-0.15, -0.1) is 0 Å². The van der Waals surface area contributed by atoms with Gasteiger partial charge in [-0.1, -0.05) is 6.92 Å². The Morgan fingerprint density at radius 2 is 2.24 bits per heavy atom. The molecule has 1 fully saturated rings. The number of carbonyl (C=O) groups is 1. The average molecular weight is 242 g/mol. The Bertz CT molecular complexity index is 244. The summed E-state index contributed by atoms with van der Waals surface area (Å²) in [5, 5.41) is 3.32. The first-order valence-corrected chi connectivity index (χ1v) is 6.63. The summed E-state index contributed by atoms with van der Waals surface area (Å²) in [7, 11) is 1.45. The summed E-state index contributed by atoms with van der Waals surface area (Å²) in [6.45, 7) is 9.71. The van der Waals surface area contributed by atoms with Crippen molar-refractivity contribution in [3.8, 4) is 0 Å². The number of esters is 1. The van der Waals surface area contributed by atoms with Crippen molar-refractivity contribution in [1.29, 1.82) is 0 Å². The number of hydrogen-bond donors (Lipinski definition) is 1. The van der Waals surface area contributed by atoms with Gasteiger partial charge in [0.15, 0.2) is 0 Å². The summed E-state index contributed by atoms with van der Waals surface area (Å²) in [4.78, 5) is 13.9. The van der Waals surface area contributed by atoms with Crippen molar-refractivity contribution in [2.24, 2.45) is 5.92 Å². The summed E-state index contributed by atoms with van der Waals surface area (Å²) in [6, 6.07) is 0.482. The number of hydrogen-bond acceptors (Lipinski definition) is 4. The molecule has 0 saturated carbocycles. The molecule has 2 atom stereocenters. The molecule has 0 aromatic rings. The Balaban J connectivity index is 2.29. The third kappa shape index (κ3) is 4.28. The third-order valence-corrected chi connectivity index (χ3v) is 3.59. The van der Waals surface area contributed by atoms with Crippen LogP contribution in [0.4, 0.5) is 0 Å². The molecule has 1 N–H and O–H groups in total. The number of carbonyl (C=O) groups excluding carboxylic acids is 1. The largest absolute Gasteiger partial charge is 0.468 e. The van der Waals surface area contributed by atoms with Crippen molar-refractivity contribution in [3.05, 3.63) is 0 Å². The van der Waals surface area contributed by atoms with E-state index >= 15 is 0 Å². The minimum absolute atomic E-state index is 0.145. The van der Waals surface area contributed by atoms with Crippen molar-refractivity contribution in [3.63, 3.8) is 0 Å². The van der Waals surface area contributed by atoms with Gasteiger partial charge in [0.2, 0.25) is 0 Å². The molecule has 0 aromatic carbocycles. The van der Waals surface area contributed by atoms with Crippen LogP contribution in [0.25, 0.3) is 0 Å². The van der Waals surface area contributed by atoms with Gasteiger partial charge in [0, 0.05) is 19.1 Å². The topological polar surface area (TPSA) is 41.6 Å². The molecule has 100 valence electrons. The quantitative estimate of drug-likeness (QED) is 0.712. The molecule has 0 amide bonds. The van der Waals surface area contributed by atoms with E-state index in [-0.39, 0.29) is 12.0 Å². The zero-order valence-corrected chi connectivity index (χ0v) is 11.5. The Kier molecular flexibility index (Phi) is 5.92. The molecule has 0 spiro atoms. The molecule has 1 aliphatic rings. The molecule has 0 bridgehead atoms. The predicted molar refractivity (Wildman–Crippen MR) is 68.9 cm³/mol. The Hall–Kier alpha value is -0.610. The molecule has 1 rings (SSSR count). The highest BCUT2D eigenvalue weighted by atomic mass is 16.5. The maximum Gasteiger partial charge on any atom is 0.322 e. The van der Waals surface area contributed by atoms with E-state index in [1.165, 1.54) is 20.1 Å². The van der Waals surface area contributed by atoms with Crippen LogP contribution in [0, 0.1) is 5.92 Å². The van der Waals surface area contributed by atoms with Crippen molar-refractivity contribution < 1.29 is 9.53 Å². The summed E-state index contributed by atoms with van der Waals surface area (Å²) < 4.78 is 4.77. The second-order valence-electron chi connectivity index (χ2n) is 5.14. The standard InChI is InChI=1S/C13H26N2O2/c1-5-12(13(16)17-4)14-8-11-6-7-15(9-11)10(2)3/h10-12,14H,5-9H2,1-4H3. The zero-order valence-electron chi connectivity index (χ0n) is 11.5. The van der Waals surface area contributed by atoms with Gasteiger partial charge in [0.05, 0.1) is 7.11 Å². The molecule has 0 radical (unpaired) electrons. The van der Waals surface area contributed by atoms with E-state index in [2.05, 4.69) is 24.1 Å². The number of likely N-dealkylation sites (tertiary alicyclic amines) is 1. The van der Waals surface area contributed by atoms with Crippen LogP contribution >= 0.6 is 0 Å². The fourth-order valence-corrected chi connectivity index (χ4v) is 2.34. The number of ether oxygens (including phenoxy) is 1. The van der Waals surface area contributed by atoms with Gasteiger partial charge in [-0.2, -0.15) is 0 Å². The molecule has 1 heterocycles. The van der Waals surface area contributed by atoms with E-state index in [0.717, 1.165) is 19.5 Å². The van der Waals surface area contributed by atoms with E-state index in [0.29, 0.717) is 12.0 Å². The summed E-state index contributed by atoms with van der Waals surface area (Å²) in [5.74, 6) is 0.516. The van der Waals surface area contributed by atoms with Crippen molar-refractivity contribution in [2.75, 3.05) is 26.7 Å². The number of nitrogens with one attached hydrogen (secondary N) is 1. The molecule has 1 saturated heterocycles. The maximum absolute atomic E-state index is 11.4. The minimum Gasteiger partial charge on any atom is -0.468 e. The van der Waals surface area contributed by atoms with Crippen LogP contribution in [0.1, 0.15) is 33.6 Å². The highest BCUT2D eigenvalue weighted by molar-refractivity contribution is 5.75. The van der Waals surface area contributed by atoms with Crippen molar-refractivity contribution >= 4 is 5.97 Å². The minimum atomic E-state index is -0.147. The Labute approximate surface area is 105 Å². The van der Waals surface area contributed by atoms with E-state index in [4.69, 9.17) is 4.74 Å². The SMILES string of the molecule is CCC(NCC1CCN(C(C)C)C1)C(=O)OC. The molecule has 2 unspecified atom stereocenters. The lowest BCUT2D eigenvalue weighted by molar-refractivity contribution is -0.143. The highest BCUT2D eigenvalue weighted by Crippen LogP contribution is 2.17. The molecule has 17 heavy (non-hydrogen) atoms. The second kappa shape index (κ2) is 6.97. The van der Waals surface area contributed by atoms with Crippen LogP contribution in [-0.4, -0.2) is 49.7 Å². The molecule has 1 aliphatic heterocycles. The molecular weight excluding hydrogens is 216 g/mol. The van der Waals surface area contributed by atoms with E-state index in [1.807, 2.05) is 6.92 Å². The summed E-state index contributed by atoms with van der Waals surface area (Å²) >= 11 is 0. The molecule has 0 aliphatic carbocycles. The van der Waals surface area contributed by atoms with Gasteiger partial charge in [0.1, 0.15) is 6.04 Å². The van der Waals surface area contributed by atoms with Crippen LogP contribution in [0.3, 0.4) is 0 Å². The van der Waals surface area contributed by atoms with E-state index < -0.39 is 0 Å². The lowest BCUT2D eigenvalue weighted by atomic mass is 10.1. The number of rotatable bonds is 6. The molecule has 4 heteroatoms. The summed E-state index contributed by atoms with van der Waals surface area (Å²) in [5.41, 5.74) is 0. The number of nitrogens with zero attached hydrogens (tertiary/aromatic N) is 1. The summed E-state index contributed by atoms with van der Waals surface area (Å²) in [6.07, 6.45) is 2.01. The van der Waals surface area contributed by atoms with Crippen LogP contribution < -0.4 is 5.32 Å². The zero-order chi connectivity index (χ0) is 12.8. The van der Waals surface area contributed by atoms with Crippen LogP contribution in [0.15, 0.2) is 0 Å². The molecule has 4 nitrogen and oxygen atoms in total. The third-order valence-electron chi connectivity index (χ3n) is 3.59.